The molecule has 1 rings (SSSR count). The van der Waals surface area contributed by atoms with E-state index in [9.17, 15) is 19.3 Å². The largest absolute Gasteiger partial charge is 0.480 e. The molecular weight excluding hydrogens is 243 g/mol. The fraction of sp³-hybridized carbons (Fsp3) is 0.364. The van der Waals surface area contributed by atoms with Crippen LogP contribution in [-0.4, -0.2) is 22.0 Å². The molecule has 1 atom stereocenters. The monoisotopic (exact) mass is 256 g/mol. The van der Waals surface area contributed by atoms with Crippen LogP contribution in [0, 0.1) is 21.8 Å². The van der Waals surface area contributed by atoms with Crippen LogP contribution in [0.3, 0.4) is 0 Å². The summed E-state index contributed by atoms with van der Waals surface area (Å²) in [6.07, 6.45) is 0. The molecule has 0 aliphatic rings. The molecule has 1 aromatic carbocycles. The van der Waals surface area contributed by atoms with Gasteiger partial charge in [-0.1, -0.05) is 13.8 Å². The third-order valence-electron chi connectivity index (χ3n) is 2.40. The molecule has 6 nitrogen and oxygen atoms in total. The lowest BCUT2D eigenvalue weighted by Gasteiger charge is -2.18. The van der Waals surface area contributed by atoms with Gasteiger partial charge < -0.3 is 10.4 Å². The number of nitro benzene ring substituents is 1. The lowest BCUT2D eigenvalue weighted by molar-refractivity contribution is -0.384. The van der Waals surface area contributed by atoms with E-state index in [1.54, 1.807) is 13.8 Å². The van der Waals surface area contributed by atoms with Gasteiger partial charge in [0, 0.05) is 0 Å². The summed E-state index contributed by atoms with van der Waals surface area (Å²) in [4.78, 5) is 21.0. The highest BCUT2D eigenvalue weighted by Crippen LogP contribution is 2.26. The first-order chi connectivity index (χ1) is 8.32. The summed E-state index contributed by atoms with van der Waals surface area (Å²) < 4.78 is 12.9. The number of carbonyl (C=O) groups is 1. The zero-order chi connectivity index (χ0) is 13.9. The molecule has 0 radical (unpaired) electrons. The Hall–Kier alpha value is -2.18. The molecule has 0 amide bonds. The average molecular weight is 256 g/mol. The molecule has 0 saturated carbocycles. The highest BCUT2D eigenvalue weighted by molar-refractivity contribution is 5.79. The fourth-order valence-corrected chi connectivity index (χ4v) is 1.46. The summed E-state index contributed by atoms with van der Waals surface area (Å²) in [7, 11) is 0. The minimum Gasteiger partial charge on any atom is -0.480 e. The molecule has 0 bridgehead atoms. The van der Waals surface area contributed by atoms with Crippen molar-refractivity contribution in [1.29, 1.82) is 0 Å². The summed E-state index contributed by atoms with van der Waals surface area (Å²) in [6, 6.07) is 1.97. The number of halogens is 1. The Morgan fingerprint density at radius 2 is 2.11 bits per heavy atom. The van der Waals surface area contributed by atoms with Gasteiger partial charge in [0.2, 0.25) is 0 Å². The van der Waals surface area contributed by atoms with Crippen LogP contribution in [0.15, 0.2) is 18.2 Å². The first-order valence-corrected chi connectivity index (χ1v) is 5.26. The maximum absolute atomic E-state index is 12.9. The third kappa shape index (κ3) is 3.16. The maximum Gasteiger partial charge on any atom is 0.326 e. The van der Waals surface area contributed by atoms with E-state index in [0.717, 1.165) is 18.2 Å². The second-order valence-corrected chi connectivity index (χ2v) is 4.12. The zero-order valence-corrected chi connectivity index (χ0v) is 9.88. The van der Waals surface area contributed by atoms with Crippen molar-refractivity contribution in [2.75, 3.05) is 5.32 Å². The number of aliphatic carboxylic acids is 1. The van der Waals surface area contributed by atoms with Crippen molar-refractivity contribution in [1.82, 2.24) is 0 Å². The zero-order valence-electron chi connectivity index (χ0n) is 9.88. The highest BCUT2D eigenvalue weighted by atomic mass is 19.1. The molecule has 7 heteroatoms. The summed E-state index contributed by atoms with van der Waals surface area (Å²) >= 11 is 0. The SMILES string of the molecule is CC(C)[C@@H](Nc1ccc(F)cc1[N+](=O)[O-])C(=O)O. The number of hydrogen-bond donors (Lipinski definition) is 2. The Labute approximate surface area is 103 Å². The predicted octanol–water partition coefficient (Wildman–Crippen LogP) is 2.26. The molecule has 1 aromatic rings. The molecule has 98 valence electrons. The van der Waals surface area contributed by atoms with Gasteiger partial charge in [-0.05, 0) is 18.1 Å². The van der Waals surface area contributed by atoms with E-state index in [0.29, 0.717) is 0 Å². The van der Waals surface area contributed by atoms with Crippen LogP contribution in [0.25, 0.3) is 0 Å². The van der Waals surface area contributed by atoms with Gasteiger partial charge in [-0.25, -0.2) is 9.18 Å². The van der Waals surface area contributed by atoms with Gasteiger partial charge >= 0.3 is 5.97 Å². The summed E-state index contributed by atoms with van der Waals surface area (Å²) in [5.74, 6) is -2.14. The van der Waals surface area contributed by atoms with Crippen molar-refractivity contribution in [3.8, 4) is 0 Å². The van der Waals surface area contributed by atoms with Crippen LogP contribution in [0.4, 0.5) is 15.8 Å². The van der Waals surface area contributed by atoms with E-state index in [4.69, 9.17) is 5.11 Å². The maximum atomic E-state index is 12.9. The van der Waals surface area contributed by atoms with Crippen LogP contribution < -0.4 is 5.32 Å². The van der Waals surface area contributed by atoms with Crippen LogP contribution in [0.5, 0.6) is 0 Å². The van der Waals surface area contributed by atoms with E-state index >= 15 is 0 Å². The average Bonchev–Trinajstić information content (AvgIpc) is 2.25. The van der Waals surface area contributed by atoms with Gasteiger partial charge in [0.1, 0.15) is 17.5 Å². The smallest absolute Gasteiger partial charge is 0.326 e. The molecule has 0 aliphatic carbocycles. The first kappa shape index (κ1) is 13.9. The van der Waals surface area contributed by atoms with Gasteiger partial charge in [0.25, 0.3) is 5.69 Å². The number of nitrogens with one attached hydrogen (secondary N) is 1. The number of rotatable bonds is 5. The van der Waals surface area contributed by atoms with Crippen LogP contribution >= 0.6 is 0 Å². The van der Waals surface area contributed by atoms with Gasteiger partial charge in [-0.3, -0.25) is 10.1 Å². The third-order valence-corrected chi connectivity index (χ3v) is 2.40. The van der Waals surface area contributed by atoms with E-state index in [1.807, 2.05) is 0 Å². The fourth-order valence-electron chi connectivity index (χ4n) is 1.46. The number of carboxylic acid groups (broad SMARTS) is 1. The molecule has 18 heavy (non-hydrogen) atoms. The number of carboxylic acids is 1. The van der Waals surface area contributed by atoms with Crippen molar-refractivity contribution in [2.24, 2.45) is 5.92 Å². The standard InChI is InChI=1S/C11H13FN2O4/c1-6(2)10(11(15)16)13-8-4-3-7(12)5-9(8)14(17)18/h3-6,10,13H,1-2H3,(H,15,16)/t10-/m1/s1. The Morgan fingerprint density at radius 1 is 1.50 bits per heavy atom. The number of hydrogen-bond acceptors (Lipinski definition) is 4. The van der Waals surface area contributed by atoms with Crippen molar-refractivity contribution in [3.05, 3.63) is 34.1 Å². The molecule has 0 saturated heterocycles. The van der Waals surface area contributed by atoms with Gasteiger partial charge in [0.05, 0.1) is 11.0 Å². The molecule has 0 aliphatic heterocycles. The highest BCUT2D eigenvalue weighted by Gasteiger charge is 2.25. The van der Waals surface area contributed by atoms with Crippen LogP contribution in [0.2, 0.25) is 0 Å². The molecule has 2 N–H and O–H groups in total. The van der Waals surface area contributed by atoms with Crippen molar-refractivity contribution < 1.29 is 19.2 Å². The first-order valence-electron chi connectivity index (χ1n) is 5.26. The number of nitrogens with zero attached hydrogens (tertiary/aromatic N) is 1. The summed E-state index contributed by atoms with van der Waals surface area (Å²) in [6.45, 7) is 3.34. The number of anilines is 1. The molecule has 0 spiro atoms. The Morgan fingerprint density at radius 3 is 2.56 bits per heavy atom. The molecule has 0 fully saturated rings. The molecule has 0 aromatic heterocycles. The van der Waals surface area contributed by atoms with E-state index < -0.39 is 28.4 Å². The van der Waals surface area contributed by atoms with E-state index in [2.05, 4.69) is 5.32 Å². The lowest BCUT2D eigenvalue weighted by Crippen LogP contribution is -2.34. The number of nitro groups is 1. The van der Waals surface area contributed by atoms with Crippen molar-refractivity contribution in [2.45, 2.75) is 19.9 Å². The predicted molar refractivity (Wildman–Crippen MR) is 62.9 cm³/mol. The van der Waals surface area contributed by atoms with Gasteiger partial charge in [0.15, 0.2) is 0 Å². The normalized spacial score (nSPS) is 12.2. The van der Waals surface area contributed by atoms with Crippen LogP contribution in [0.1, 0.15) is 13.8 Å². The van der Waals surface area contributed by atoms with E-state index in [-0.39, 0.29) is 11.6 Å². The Balaban J connectivity index is 3.10. The summed E-state index contributed by atoms with van der Waals surface area (Å²) in [5, 5.41) is 22.3. The topological polar surface area (TPSA) is 92.5 Å². The van der Waals surface area contributed by atoms with Crippen LogP contribution in [-0.2, 0) is 4.79 Å². The minimum absolute atomic E-state index is 0.0116. The lowest BCUT2D eigenvalue weighted by atomic mass is 10.0. The second kappa shape index (κ2) is 5.44. The minimum atomic E-state index is -1.12. The molecule has 0 unspecified atom stereocenters. The number of benzene rings is 1. The van der Waals surface area contributed by atoms with E-state index in [1.165, 1.54) is 0 Å². The van der Waals surface area contributed by atoms with Crippen molar-refractivity contribution in [3.63, 3.8) is 0 Å². The molecular formula is C11H13FN2O4. The molecule has 0 heterocycles. The van der Waals surface area contributed by atoms with Gasteiger partial charge in [-0.15, -0.1) is 0 Å². The second-order valence-electron chi connectivity index (χ2n) is 4.12. The Kier molecular flexibility index (Phi) is 4.19. The summed E-state index contributed by atoms with van der Waals surface area (Å²) in [5.41, 5.74) is -0.496. The van der Waals surface area contributed by atoms with Crippen molar-refractivity contribution >= 4 is 17.3 Å². The quantitative estimate of drug-likeness (QED) is 0.622. The Bertz CT molecular complexity index is 476. The van der Waals surface area contributed by atoms with Gasteiger partial charge in [-0.2, -0.15) is 0 Å².